The number of carbonyl (C=O) groups is 1. The minimum atomic E-state index is -3.31. The van der Waals surface area contributed by atoms with Crippen molar-refractivity contribution in [3.05, 3.63) is 63.7 Å². The molecule has 0 saturated carbocycles. The first kappa shape index (κ1) is 17.7. The summed E-state index contributed by atoms with van der Waals surface area (Å²) in [6.07, 6.45) is 0. The summed E-state index contributed by atoms with van der Waals surface area (Å²) in [4.78, 5) is 26.3. The van der Waals surface area contributed by atoms with Crippen LogP contribution in [0.5, 0.6) is 0 Å². The molecular weight excluding hydrogens is 394 g/mol. The van der Waals surface area contributed by atoms with Gasteiger partial charge in [0.25, 0.3) is 5.69 Å². The molecule has 4 rings (SSSR count). The van der Waals surface area contributed by atoms with Gasteiger partial charge in [-0.3, -0.25) is 19.9 Å². The van der Waals surface area contributed by atoms with Gasteiger partial charge in [0.2, 0.25) is 0 Å². The number of sulfone groups is 1. The highest BCUT2D eigenvalue weighted by atomic mass is 35.5. The number of nitrogens with zero attached hydrogens (tertiary/aromatic N) is 3. The summed E-state index contributed by atoms with van der Waals surface area (Å²) in [6, 6.07) is 10.7. The van der Waals surface area contributed by atoms with E-state index in [0.717, 1.165) is 0 Å². The van der Waals surface area contributed by atoms with Crippen LogP contribution in [0, 0.1) is 10.1 Å². The molecule has 2 fully saturated rings. The second kappa shape index (κ2) is 6.21. The number of amides is 2. The van der Waals surface area contributed by atoms with E-state index in [0.29, 0.717) is 16.4 Å². The zero-order valence-corrected chi connectivity index (χ0v) is 15.4. The van der Waals surface area contributed by atoms with E-state index in [-0.39, 0.29) is 23.2 Å². The van der Waals surface area contributed by atoms with E-state index in [2.05, 4.69) is 0 Å². The molecule has 140 valence electrons. The number of nitro benzene ring substituents is 1. The average Bonchev–Trinajstić information content (AvgIpc) is 3.05. The molecule has 2 atom stereocenters. The van der Waals surface area contributed by atoms with Gasteiger partial charge in [0, 0.05) is 28.5 Å². The number of hydrogen-bond donors (Lipinski definition) is 0. The van der Waals surface area contributed by atoms with E-state index in [1.54, 1.807) is 24.3 Å². The minimum Gasteiger partial charge on any atom is -0.288 e. The number of benzene rings is 2. The van der Waals surface area contributed by atoms with Crippen molar-refractivity contribution in [3.8, 4) is 0 Å². The van der Waals surface area contributed by atoms with Crippen LogP contribution in [0.4, 0.5) is 21.9 Å². The topological polar surface area (TPSA) is 101 Å². The van der Waals surface area contributed by atoms with Gasteiger partial charge in [-0.1, -0.05) is 11.6 Å². The maximum atomic E-state index is 13.1. The van der Waals surface area contributed by atoms with Gasteiger partial charge >= 0.3 is 6.03 Å². The molecule has 10 heteroatoms. The number of hydrogen-bond acceptors (Lipinski definition) is 5. The lowest BCUT2D eigenvalue weighted by Gasteiger charge is -2.22. The summed E-state index contributed by atoms with van der Waals surface area (Å²) in [5.74, 6) is -0.278. The van der Waals surface area contributed by atoms with Crippen LogP contribution >= 0.6 is 11.6 Å². The number of nitro groups is 1. The van der Waals surface area contributed by atoms with E-state index in [1.807, 2.05) is 0 Å². The normalized spacial score (nSPS) is 23.5. The van der Waals surface area contributed by atoms with Crippen LogP contribution in [0.3, 0.4) is 0 Å². The van der Waals surface area contributed by atoms with Crippen LogP contribution in [0.15, 0.2) is 48.5 Å². The molecule has 27 heavy (non-hydrogen) atoms. The Morgan fingerprint density at radius 1 is 0.926 bits per heavy atom. The fourth-order valence-electron chi connectivity index (χ4n) is 3.64. The molecule has 2 saturated heterocycles. The summed E-state index contributed by atoms with van der Waals surface area (Å²) >= 11 is 5.91. The Balaban J connectivity index is 1.76. The summed E-state index contributed by atoms with van der Waals surface area (Å²) in [6.45, 7) is 0. The number of rotatable bonds is 3. The fourth-order valence-corrected chi connectivity index (χ4v) is 5.69. The first-order valence-electron chi connectivity index (χ1n) is 8.10. The first-order chi connectivity index (χ1) is 12.8. The van der Waals surface area contributed by atoms with Gasteiger partial charge in [0.15, 0.2) is 9.84 Å². The van der Waals surface area contributed by atoms with Crippen molar-refractivity contribution in [2.24, 2.45) is 0 Å². The second-order valence-corrected chi connectivity index (χ2v) is 9.07. The molecule has 0 unspecified atom stereocenters. The molecule has 0 bridgehead atoms. The van der Waals surface area contributed by atoms with Crippen LogP contribution in [-0.2, 0) is 9.84 Å². The lowest BCUT2D eigenvalue weighted by molar-refractivity contribution is -0.384. The third kappa shape index (κ3) is 3.02. The number of halogens is 1. The number of carbonyl (C=O) groups excluding carboxylic acids is 1. The van der Waals surface area contributed by atoms with Gasteiger partial charge in [-0.15, -0.1) is 0 Å². The number of non-ortho nitro benzene ring substituents is 1. The predicted molar refractivity (Wildman–Crippen MR) is 101 cm³/mol. The van der Waals surface area contributed by atoms with Crippen LogP contribution in [-0.4, -0.2) is 43.0 Å². The highest BCUT2D eigenvalue weighted by molar-refractivity contribution is 7.91. The third-order valence-electron chi connectivity index (χ3n) is 4.81. The molecule has 0 spiro atoms. The van der Waals surface area contributed by atoms with E-state index >= 15 is 0 Å². The van der Waals surface area contributed by atoms with Crippen molar-refractivity contribution in [1.29, 1.82) is 0 Å². The van der Waals surface area contributed by atoms with Crippen LogP contribution in [0.1, 0.15) is 0 Å². The Morgan fingerprint density at radius 3 is 1.81 bits per heavy atom. The van der Waals surface area contributed by atoms with Crippen molar-refractivity contribution in [3.63, 3.8) is 0 Å². The minimum absolute atomic E-state index is 0.101. The number of urea groups is 1. The lowest BCUT2D eigenvalue weighted by Crippen LogP contribution is -2.37. The maximum Gasteiger partial charge on any atom is 0.329 e. The predicted octanol–water partition coefficient (Wildman–Crippen LogP) is 2.86. The van der Waals surface area contributed by atoms with Crippen molar-refractivity contribution < 1.29 is 18.1 Å². The van der Waals surface area contributed by atoms with E-state index in [9.17, 15) is 23.3 Å². The molecule has 2 aliphatic rings. The van der Waals surface area contributed by atoms with Crippen molar-refractivity contribution in [2.45, 2.75) is 12.1 Å². The van der Waals surface area contributed by atoms with E-state index in [4.69, 9.17) is 11.6 Å². The second-order valence-electron chi connectivity index (χ2n) is 6.48. The Labute approximate surface area is 160 Å². The van der Waals surface area contributed by atoms with E-state index in [1.165, 1.54) is 34.1 Å². The van der Waals surface area contributed by atoms with E-state index < -0.39 is 26.8 Å². The van der Waals surface area contributed by atoms with Crippen LogP contribution in [0.25, 0.3) is 0 Å². The van der Waals surface area contributed by atoms with Gasteiger partial charge in [-0.05, 0) is 36.4 Å². The Morgan fingerprint density at radius 2 is 1.37 bits per heavy atom. The Bertz CT molecular complexity index is 1020. The average molecular weight is 408 g/mol. The molecule has 2 heterocycles. The SMILES string of the molecule is O=C1N(c2ccc(Cl)cc2)[C@@H]2CS(=O)(=O)C[C@@H]2N1c1ccc([N+](=O)[O-])cc1. The number of anilines is 2. The molecule has 0 radical (unpaired) electrons. The fraction of sp³-hybridized carbons (Fsp3) is 0.235. The first-order valence-corrected chi connectivity index (χ1v) is 10.3. The zero-order chi connectivity index (χ0) is 19.3. The molecule has 8 nitrogen and oxygen atoms in total. The summed E-state index contributed by atoms with van der Waals surface area (Å²) in [7, 11) is -3.31. The molecule has 2 amide bonds. The highest BCUT2D eigenvalue weighted by Crippen LogP contribution is 2.38. The maximum absolute atomic E-state index is 13.1. The van der Waals surface area contributed by atoms with Gasteiger partial charge in [0.05, 0.1) is 28.5 Å². The molecule has 0 aromatic heterocycles. The summed E-state index contributed by atoms with van der Waals surface area (Å²) in [5.41, 5.74) is 0.880. The van der Waals surface area contributed by atoms with Gasteiger partial charge in [-0.2, -0.15) is 0 Å². The van der Waals surface area contributed by atoms with Crippen molar-refractivity contribution >= 4 is 44.5 Å². The largest absolute Gasteiger partial charge is 0.329 e. The van der Waals surface area contributed by atoms with Crippen molar-refractivity contribution in [2.75, 3.05) is 21.3 Å². The van der Waals surface area contributed by atoms with Gasteiger partial charge < -0.3 is 0 Å². The molecule has 2 aromatic rings. The smallest absolute Gasteiger partial charge is 0.288 e. The number of fused-ring (bicyclic) bond motifs is 1. The summed E-state index contributed by atoms with van der Waals surface area (Å²) < 4.78 is 24.5. The standard InChI is InChI=1S/C17H14ClN3O5S/c18-11-1-3-12(4-2-11)19-15-9-27(25,26)10-16(15)20(17(19)22)13-5-7-14(8-6-13)21(23)24/h1-8,15-16H,9-10H2/t15-,16+/m1/s1. The molecular formula is C17H14ClN3O5S. The van der Waals surface area contributed by atoms with Gasteiger partial charge in [0.1, 0.15) is 0 Å². The molecule has 2 aliphatic heterocycles. The Hall–Kier alpha value is -2.65. The van der Waals surface area contributed by atoms with Crippen LogP contribution < -0.4 is 9.80 Å². The van der Waals surface area contributed by atoms with Gasteiger partial charge in [-0.25, -0.2) is 13.2 Å². The monoisotopic (exact) mass is 407 g/mol. The molecule has 2 aromatic carbocycles. The lowest BCUT2D eigenvalue weighted by atomic mass is 10.1. The highest BCUT2D eigenvalue weighted by Gasteiger charge is 2.54. The van der Waals surface area contributed by atoms with Crippen LogP contribution in [0.2, 0.25) is 5.02 Å². The zero-order valence-electron chi connectivity index (χ0n) is 13.9. The van der Waals surface area contributed by atoms with Crippen molar-refractivity contribution in [1.82, 2.24) is 0 Å². The third-order valence-corrected chi connectivity index (χ3v) is 6.76. The molecule has 0 N–H and O–H groups in total. The summed E-state index contributed by atoms with van der Waals surface area (Å²) in [5, 5.41) is 11.4. The molecule has 0 aliphatic carbocycles. The Kier molecular flexibility index (Phi) is 4.08. The quantitative estimate of drug-likeness (QED) is 0.442.